The van der Waals surface area contributed by atoms with Gasteiger partial charge in [-0.3, -0.25) is 4.79 Å². The Morgan fingerprint density at radius 3 is 2.40 bits per heavy atom. The van der Waals surface area contributed by atoms with Gasteiger partial charge in [-0.2, -0.15) is 0 Å². The number of methoxy groups -OCH3 is 2. The number of carbonyl (C=O) groups excluding carboxylic acids is 2. The number of nitrogen functional groups attached to an aromatic ring is 1. The summed E-state index contributed by atoms with van der Waals surface area (Å²) in [6, 6.07) is 1.20. The van der Waals surface area contributed by atoms with Crippen LogP contribution in [0, 0.1) is 11.8 Å². The highest BCUT2D eigenvalue weighted by Gasteiger charge is 2.28. The summed E-state index contributed by atoms with van der Waals surface area (Å²) in [5.41, 5.74) is 12.7. The van der Waals surface area contributed by atoms with Crippen LogP contribution in [0.4, 0.5) is 16.2 Å². The number of aliphatic hydroxyl groups excluding tert-OH is 1. The minimum Gasteiger partial charge on any atom is -0.506 e. The van der Waals surface area contributed by atoms with E-state index in [1.54, 1.807) is 32.1 Å². The summed E-state index contributed by atoms with van der Waals surface area (Å²) in [4.78, 5) is 24.5. The number of primary amides is 1. The van der Waals surface area contributed by atoms with Crippen molar-refractivity contribution in [3.63, 3.8) is 0 Å². The Balaban J connectivity index is 2.57. The summed E-state index contributed by atoms with van der Waals surface area (Å²) in [5, 5.41) is 35.1. The highest BCUT2D eigenvalue weighted by molar-refractivity contribution is 6.04. The molecule has 0 saturated heterocycles. The number of phenols is 2. The third kappa shape index (κ3) is 8.73. The van der Waals surface area contributed by atoms with Gasteiger partial charge in [0, 0.05) is 43.8 Å². The fraction of sp³-hybridized carbons (Fsp3) is 0.517. The molecule has 1 aromatic carbocycles. The Morgan fingerprint density at radius 1 is 1.12 bits per heavy atom. The summed E-state index contributed by atoms with van der Waals surface area (Å²) in [7, 11) is 3.00. The van der Waals surface area contributed by atoms with Crippen LogP contribution in [-0.2, 0) is 25.4 Å². The third-order valence-electron chi connectivity index (χ3n) is 7.15. The van der Waals surface area contributed by atoms with Gasteiger partial charge < -0.3 is 46.3 Å². The van der Waals surface area contributed by atoms with E-state index in [0.29, 0.717) is 17.6 Å². The van der Waals surface area contributed by atoms with E-state index >= 15 is 0 Å². The quantitative estimate of drug-likeness (QED) is 0.139. The van der Waals surface area contributed by atoms with E-state index in [2.05, 4.69) is 5.32 Å². The Morgan fingerprint density at radius 2 is 1.80 bits per heavy atom. The number of fused-ring (bicyclic) bond motifs is 2. The molecular formula is C29H43N3O8. The summed E-state index contributed by atoms with van der Waals surface area (Å²) in [5.74, 6) is -1.55. The average Bonchev–Trinajstić information content (AvgIpc) is 2.90. The standard InChI is InChI=1S/C29H43N3O8/c1-15-10-20-25(30)22(33)14-21(27(20)35)32-28(36)16(2)8-7-9-19(38-5)13-23(40-29(31)37)17(3)12-18(4)26(34)24(11-15)39-6/h7-9,12,14-15,18-19,23-24,26,33-35H,10-11,13,30H2,1-6H3,(H2,31,37)(H,32,36)/b9-7-,16-8+,17-12+/t15-,18+,19+,23-,24+,26-/m1/s1. The molecule has 2 rings (SSSR count). The van der Waals surface area contributed by atoms with Crippen molar-refractivity contribution >= 4 is 23.4 Å². The van der Waals surface area contributed by atoms with Crippen molar-refractivity contribution in [1.82, 2.24) is 0 Å². The first-order chi connectivity index (χ1) is 18.8. The first-order valence-corrected chi connectivity index (χ1v) is 13.2. The van der Waals surface area contributed by atoms with Crippen LogP contribution in [0.5, 0.6) is 11.5 Å². The van der Waals surface area contributed by atoms with Crippen LogP contribution in [-0.4, -0.2) is 66.0 Å². The zero-order valence-electron chi connectivity index (χ0n) is 24.0. The SMILES string of the molecule is CO[C@H]1C[C@H](C)Cc2c(N)c(O)cc(c2O)NC(=O)/C(C)=C/C=C\[C@H](OC)C[C@@H](OC(N)=O)/C(C)=C/[C@H](C)[C@H]1O. The molecule has 11 nitrogen and oxygen atoms in total. The molecule has 1 heterocycles. The molecule has 0 aliphatic carbocycles. The maximum atomic E-state index is 12.8. The monoisotopic (exact) mass is 561 g/mol. The van der Waals surface area contributed by atoms with E-state index in [0.717, 1.165) is 0 Å². The van der Waals surface area contributed by atoms with Gasteiger partial charge in [-0.05, 0) is 38.2 Å². The second-order valence-electron chi connectivity index (χ2n) is 10.4. The van der Waals surface area contributed by atoms with E-state index < -0.39 is 36.4 Å². The number of amides is 2. The van der Waals surface area contributed by atoms with E-state index in [1.807, 2.05) is 19.9 Å². The minimum absolute atomic E-state index is 0.00669. The molecule has 40 heavy (non-hydrogen) atoms. The number of anilines is 2. The predicted octanol–water partition coefficient (Wildman–Crippen LogP) is 3.53. The molecule has 0 aromatic heterocycles. The Bertz CT molecular complexity index is 1150. The van der Waals surface area contributed by atoms with Crippen molar-refractivity contribution < 1.29 is 39.1 Å². The predicted molar refractivity (Wildman–Crippen MR) is 153 cm³/mol. The van der Waals surface area contributed by atoms with Crippen LogP contribution >= 0.6 is 0 Å². The number of hydrogen-bond acceptors (Lipinski definition) is 9. The van der Waals surface area contributed by atoms with Crippen molar-refractivity contribution in [2.45, 2.75) is 71.4 Å². The number of aliphatic hydroxyl groups is 1. The van der Waals surface area contributed by atoms with Gasteiger partial charge in [-0.15, -0.1) is 0 Å². The minimum atomic E-state index is -0.938. The molecule has 1 aromatic rings. The fourth-order valence-electron chi connectivity index (χ4n) is 4.74. The molecule has 0 radical (unpaired) electrons. The largest absolute Gasteiger partial charge is 0.506 e. The summed E-state index contributed by atoms with van der Waals surface area (Å²) < 4.78 is 16.5. The van der Waals surface area contributed by atoms with Gasteiger partial charge in [0.25, 0.3) is 5.91 Å². The lowest BCUT2D eigenvalue weighted by Gasteiger charge is -2.29. The Labute approximate surface area is 235 Å². The highest BCUT2D eigenvalue weighted by Crippen LogP contribution is 2.40. The molecule has 222 valence electrons. The summed E-state index contributed by atoms with van der Waals surface area (Å²) in [6.07, 6.45) is 3.92. The molecule has 0 fully saturated rings. The van der Waals surface area contributed by atoms with Crippen LogP contribution in [0.1, 0.15) is 46.1 Å². The van der Waals surface area contributed by atoms with Crippen LogP contribution in [0.25, 0.3) is 0 Å². The summed E-state index contributed by atoms with van der Waals surface area (Å²) >= 11 is 0. The van der Waals surface area contributed by atoms with Crippen LogP contribution in [0.15, 0.2) is 41.5 Å². The number of rotatable bonds is 3. The van der Waals surface area contributed by atoms with Gasteiger partial charge in [-0.1, -0.05) is 38.2 Å². The van der Waals surface area contributed by atoms with Crippen LogP contribution in [0.2, 0.25) is 0 Å². The second kappa shape index (κ2) is 14.7. The van der Waals surface area contributed by atoms with Gasteiger partial charge in [0.1, 0.15) is 17.6 Å². The lowest BCUT2D eigenvalue weighted by atomic mass is 9.87. The van der Waals surface area contributed by atoms with Crippen molar-refractivity contribution in [2.24, 2.45) is 17.6 Å². The number of nitrogens with two attached hydrogens (primary N) is 2. The number of hydrogen-bond donors (Lipinski definition) is 6. The zero-order chi connectivity index (χ0) is 30.1. The van der Waals surface area contributed by atoms with Gasteiger partial charge in [0.15, 0.2) is 0 Å². The first-order valence-electron chi connectivity index (χ1n) is 13.2. The molecular weight excluding hydrogens is 518 g/mol. The Hall–Kier alpha value is -3.54. The molecule has 2 bridgehead atoms. The van der Waals surface area contributed by atoms with E-state index in [4.69, 9.17) is 25.7 Å². The molecule has 8 N–H and O–H groups in total. The first kappa shape index (κ1) is 32.7. The third-order valence-corrected chi connectivity index (χ3v) is 7.15. The number of carbonyl (C=O) groups is 2. The zero-order valence-corrected chi connectivity index (χ0v) is 24.0. The van der Waals surface area contributed by atoms with Gasteiger partial charge in [0.05, 0.1) is 29.7 Å². The molecule has 1 aliphatic heterocycles. The number of ether oxygens (including phenoxy) is 3. The smallest absolute Gasteiger partial charge is 0.405 e. The summed E-state index contributed by atoms with van der Waals surface area (Å²) in [6.45, 7) is 7.10. The van der Waals surface area contributed by atoms with Gasteiger partial charge >= 0.3 is 6.09 Å². The molecule has 1 aliphatic rings. The molecule has 6 atom stereocenters. The fourth-order valence-corrected chi connectivity index (χ4v) is 4.74. The normalized spacial score (nSPS) is 30.6. The van der Waals surface area contributed by atoms with Crippen LogP contribution in [0.3, 0.4) is 0 Å². The molecule has 2 amide bonds. The maximum Gasteiger partial charge on any atom is 0.405 e. The average molecular weight is 562 g/mol. The highest BCUT2D eigenvalue weighted by atomic mass is 16.6. The van der Waals surface area contributed by atoms with Crippen molar-refractivity contribution in [2.75, 3.05) is 25.3 Å². The Kier molecular flexibility index (Phi) is 12.0. The number of allylic oxidation sites excluding steroid dienone is 2. The number of nitrogens with one attached hydrogen (secondary N) is 1. The van der Waals surface area contributed by atoms with Crippen molar-refractivity contribution in [3.05, 3.63) is 47.1 Å². The van der Waals surface area contributed by atoms with E-state index in [-0.39, 0.29) is 53.1 Å². The number of phenolic OH excluding ortho intramolecular Hbond substituents is 2. The lowest BCUT2D eigenvalue weighted by molar-refractivity contribution is -0.112. The topological polar surface area (TPSA) is 187 Å². The number of aromatic hydroxyl groups is 2. The van der Waals surface area contributed by atoms with E-state index in [9.17, 15) is 24.9 Å². The molecule has 0 unspecified atom stereocenters. The molecule has 11 heteroatoms. The van der Waals surface area contributed by atoms with Crippen LogP contribution < -0.4 is 16.8 Å². The molecule has 0 saturated carbocycles. The lowest BCUT2D eigenvalue weighted by Crippen LogP contribution is -2.35. The van der Waals surface area contributed by atoms with E-state index in [1.165, 1.54) is 20.3 Å². The van der Waals surface area contributed by atoms with Crippen molar-refractivity contribution in [3.8, 4) is 11.5 Å². The second-order valence-corrected chi connectivity index (χ2v) is 10.4. The van der Waals surface area contributed by atoms with Crippen molar-refractivity contribution in [1.29, 1.82) is 0 Å². The van der Waals surface area contributed by atoms with Gasteiger partial charge in [0.2, 0.25) is 0 Å². The number of benzene rings is 1. The van der Waals surface area contributed by atoms with Gasteiger partial charge in [-0.25, -0.2) is 4.79 Å². The molecule has 0 spiro atoms. The maximum absolute atomic E-state index is 12.8.